The van der Waals surface area contributed by atoms with E-state index in [0.717, 1.165) is 32.4 Å². The summed E-state index contributed by atoms with van der Waals surface area (Å²) in [5.74, 6) is 0.190. The first-order chi connectivity index (χ1) is 9.75. The number of aryl methyl sites for hydroxylation is 1. The Morgan fingerprint density at radius 1 is 1.50 bits per heavy atom. The minimum atomic E-state index is 0.190. The first-order valence-electron chi connectivity index (χ1n) is 7.61. The molecule has 0 aromatic carbocycles. The van der Waals surface area contributed by atoms with Crippen LogP contribution >= 0.6 is 0 Å². The fourth-order valence-electron chi connectivity index (χ4n) is 2.75. The van der Waals surface area contributed by atoms with Gasteiger partial charge in [0.05, 0.1) is 0 Å². The van der Waals surface area contributed by atoms with Gasteiger partial charge in [-0.1, -0.05) is 12.5 Å². The van der Waals surface area contributed by atoms with Crippen LogP contribution in [0.1, 0.15) is 37.7 Å². The molecule has 1 aliphatic heterocycles. The number of hydrogen-bond donors (Lipinski definition) is 1. The number of amides is 1. The molecule has 0 spiro atoms. The highest BCUT2D eigenvalue weighted by molar-refractivity contribution is 5.76. The predicted molar refractivity (Wildman–Crippen MR) is 80.5 cm³/mol. The molecule has 1 N–H and O–H groups in total. The van der Waals surface area contributed by atoms with E-state index in [1.807, 2.05) is 12.3 Å². The molecule has 1 aliphatic rings. The first-order valence-corrected chi connectivity index (χ1v) is 7.61. The van der Waals surface area contributed by atoms with Gasteiger partial charge in [0.1, 0.15) is 0 Å². The molecule has 1 aromatic rings. The molecule has 2 rings (SSSR count). The van der Waals surface area contributed by atoms with Crippen LogP contribution < -0.4 is 5.32 Å². The largest absolute Gasteiger partial charge is 0.356 e. The molecule has 0 radical (unpaired) electrons. The standard InChI is InChI=1S/C16H25N3O/c1-19-11-3-2-8-15(19)12-16(20)18-10-5-7-14-6-4-9-17-13-14/h4,6,9,13,15H,2-3,5,7-8,10-12H2,1H3,(H,18,20)/t15-/m1/s1. The van der Waals surface area contributed by atoms with Gasteiger partial charge in [-0.25, -0.2) is 0 Å². The molecule has 0 bridgehead atoms. The van der Waals surface area contributed by atoms with Gasteiger partial charge in [0.15, 0.2) is 0 Å². The highest BCUT2D eigenvalue weighted by Gasteiger charge is 2.21. The zero-order valence-corrected chi connectivity index (χ0v) is 12.3. The van der Waals surface area contributed by atoms with E-state index in [-0.39, 0.29) is 5.91 Å². The van der Waals surface area contributed by atoms with E-state index in [9.17, 15) is 4.79 Å². The van der Waals surface area contributed by atoms with Crippen LogP contribution in [0.5, 0.6) is 0 Å². The van der Waals surface area contributed by atoms with Gasteiger partial charge in [0.2, 0.25) is 5.91 Å². The lowest BCUT2D eigenvalue weighted by Gasteiger charge is -2.31. The highest BCUT2D eigenvalue weighted by atomic mass is 16.1. The zero-order chi connectivity index (χ0) is 14.2. The van der Waals surface area contributed by atoms with Crippen LogP contribution in [0.2, 0.25) is 0 Å². The second kappa shape index (κ2) is 8.00. The van der Waals surface area contributed by atoms with E-state index >= 15 is 0 Å². The lowest BCUT2D eigenvalue weighted by molar-refractivity contribution is -0.122. The van der Waals surface area contributed by atoms with Crippen molar-refractivity contribution < 1.29 is 4.79 Å². The van der Waals surface area contributed by atoms with Crippen LogP contribution in [0, 0.1) is 0 Å². The fraction of sp³-hybridized carbons (Fsp3) is 0.625. The smallest absolute Gasteiger partial charge is 0.221 e. The van der Waals surface area contributed by atoms with E-state index in [1.165, 1.54) is 18.4 Å². The quantitative estimate of drug-likeness (QED) is 0.808. The number of nitrogens with zero attached hydrogens (tertiary/aromatic N) is 2. The molecule has 0 unspecified atom stereocenters. The Balaban J connectivity index is 1.60. The third kappa shape index (κ3) is 4.93. The molecular weight excluding hydrogens is 250 g/mol. The highest BCUT2D eigenvalue weighted by Crippen LogP contribution is 2.17. The summed E-state index contributed by atoms with van der Waals surface area (Å²) in [6, 6.07) is 4.46. The topological polar surface area (TPSA) is 45.2 Å². The van der Waals surface area contributed by atoms with E-state index in [1.54, 1.807) is 6.20 Å². The van der Waals surface area contributed by atoms with E-state index in [2.05, 4.69) is 28.3 Å². The summed E-state index contributed by atoms with van der Waals surface area (Å²) in [5, 5.41) is 3.03. The lowest BCUT2D eigenvalue weighted by atomic mass is 10.00. The van der Waals surface area contributed by atoms with Crippen molar-refractivity contribution >= 4 is 5.91 Å². The van der Waals surface area contributed by atoms with Gasteiger partial charge in [-0.15, -0.1) is 0 Å². The number of hydrogen-bond acceptors (Lipinski definition) is 3. The Kier molecular flexibility index (Phi) is 5.99. The van der Waals surface area contributed by atoms with Gasteiger partial charge >= 0.3 is 0 Å². The predicted octanol–water partition coefficient (Wildman–Crippen LogP) is 2.00. The van der Waals surface area contributed by atoms with Gasteiger partial charge in [-0.2, -0.15) is 0 Å². The summed E-state index contributed by atoms with van der Waals surface area (Å²) in [6.07, 6.45) is 9.92. The molecule has 20 heavy (non-hydrogen) atoms. The Labute approximate surface area is 121 Å². The van der Waals surface area contributed by atoms with E-state index < -0.39 is 0 Å². The Hall–Kier alpha value is -1.42. The molecule has 4 heteroatoms. The minimum absolute atomic E-state index is 0.190. The van der Waals surface area contributed by atoms with Crippen molar-refractivity contribution in [1.29, 1.82) is 0 Å². The van der Waals surface area contributed by atoms with Crippen molar-refractivity contribution in [3.05, 3.63) is 30.1 Å². The van der Waals surface area contributed by atoms with Crippen LogP contribution in [-0.4, -0.2) is 42.0 Å². The van der Waals surface area contributed by atoms with Gasteiger partial charge in [0, 0.05) is 31.4 Å². The molecule has 1 amide bonds. The van der Waals surface area contributed by atoms with Gasteiger partial charge in [-0.3, -0.25) is 9.78 Å². The summed E-state index contributed by atoms with van der Waals surface area (Å²) in [6.45, 7) is 1.88. The molecule has 4 nitrogen and oxygen atoms in total. The number of piperidine rings is 1. The minimum Gasteiger partial charge on any atom is -0.356 e. The molecule has 2 heterocycles. The van der Waals surface area contributed by atoms with Crippen molar-refractivity contribution in [3.63, 3.8) is 0 Å². The summed E-state index contributed by atoms with van der Waals surface area (Å²) in [7, 11) is 2.12. The Bertz CT molecular complexity index is 407. The van der Waals surface area contributed by atoms with Crippen molar-refractivity contribution in [2.24, 2.45) is 0 Å². The van der Waals surface area contributed by atoms with E-state index in [0.29, 0.717) is 12.5 Å². The van der Waals surface area contributed by atoms with Crippen LogP contribution in [-0.2, 0) is 11.2 Å². The average Bonchev–Trinajstić information content (AvgIpc) is 2.47. The summed E-state index contributed by atoms with van der Waals surface area (Å²) >= 11 is 0. The summed E-state index contributed by atoms with van der Waals surface area (Å²) < 4.78 is 0. The SMILES string of the molecule is CN1CCCC[C@@H]1CC(=O)NCCCc1cccnc1. The van der Waals surface area contributed by atoms with Crippen molar-refractivity contribution in [2.45, 2.75) is 44.6 Å². The Morgan fingerprint density at radius 2 is 2.40 bits per heavy atom. The third-order valence-electron chi connectivity index (χ3n) is 4.03. The number of aromatic nitrogens is 1. The van der Waals surface area contributed by atoms with Gasteiger partial charge in [-0.05, 0) is 50.9 Å². The van der Waals surface area contributed by atoms with Crippen LogP contribution in [0.4, 0.5) is 0 Å². The molecule has 0 saturated carbocycles. The summed E-state index contributed by atoms with van der Waals surface area (Å²) in [4.78, 5) is 18.3. The maximum Gasteiger partial charge on any atom is 0.221 e. The fourth-order valence-corrected chi connectivity index (χ4v) is 2.75. The second-order valence-electron chi connectivity index (χ2n) is 5.65. The van der Waals surface area contributed by atoms with E-state index in [4.69, 9.17) is 0 Å². The molecule has 0 aliphatic carbocycles. The zero-order valence-electron chi connectivity index (χ0n) is 12.3. The maximum atomic E-state index is 11.9. The first kappa shape index (κ1) is 15.0. The van der Waals surface area contributed by atoms with Crippen molar-refractivity contribution in [3.8, 4) is 0 Å². The molecular formula is C16H25N3O. The molecule has 1 saturated heterocycles. The van der Waals surface area contributed by atoms with Crippen molar-refractivity contribution in [1.82, 2.24) is 15.2 Å². The van der Waals surface area contributed by atoms with Gasteiger partial charge < -0.3 is 10.2 Å². The van der Waals surface area contributed by atoms with Gasteiger partial charge in [0.25, 0.3) is 0 Å². The van der Waals surface area contributed by atoms with Crippen LogP contribution in [0.3, 0.4) is 0 Å². The normalized spacial score (nSPS) is 19.8. The third-order valence-corrected chi connectivity index (χ3v) is 4.03. The van der Waals surface area contributed by atoms with Crippen LogP contribution in [0.15, 0.2) is 24.5 Å². The molecule has 1 atom stereocenters. The second-order valence-corrected chi connectivity index (χ2v) is 5.65. The number of nitrogens with one attached hydrogen (secondary N) is 1. The van der Waals surface area contributed by atoms with Crippen LogP contribution in [0.25, 0.3) is 0 Å². The molecule has 1 fully saturated rings. The maximum absolute atomic E-state index is 11.9. The number of carbonyl (C=O) groups is 1. The average molecular weight is 275 g/mol. The summed E-state index contributed by atoms with van der Waals surface area (Å²) in [5.41, 5.74) is 1.23. The Morgan fingerprint density at radius 3 is 3.15 bits per heavy atom. The molecule has 110 valence electrons. The number of pyridine rings is 1. The number of carbonyl (C=O) groups excluding carboxylic acids is 1. The van der Waals surface area contributed by atoms with Crippen molar-refractivity contribution in [2.75, 3.05) is 20.1 Å². The number of likely N-dealkylation sites (tertiary alicyclic amines) is 1. The molecule has 1 aromatic heterocycles. The number of rotatable bonds is 6. The lowest BCUT2D eigenvalue weighted by Crippen LogP contribution is -2.40. The monoisotopic (exact) mass is 275 g/mol.